The van der Waals surface area contributed by atoms with Gasteiger partial charge in [-0.25, -0.2) is 4.18 Å². The second kappa shape index (κ2) is 38.0. The van der Waals surface area contributed by atoms with Gasteiger partial charge >= 0.3 is 16.4 Å². The first-order valence-electron chi connectivity index (χ1n) is 23.2. The number of aliphatic hydroxyl groups excluding tert-OH is 3. The van der Waals surface area contributed by atoms with E-state index in [2.05, 4.69) is 54.5 Å². The van der Waals surface area contributed by atoms with Gasteiger partial charge in [0.1, 0.15) is 30.5 Å². The smallest absolute Gasteiger partial charge is 0.397 e. The number of aliphatic hydroxyl groups is 3. The number of allylic oxidation sites excluding steroid dienone is 6. The van der Waals surface area contributed by atoms with Crippen molar-refractivity contribution in [2.24, 2.45) is 0 Å². The Morgan fingerprint density at radius 1 is 0.644 bits per heavy atom. The Bertz CT molecular complexity index is 1180. The summed E-state index contributed by atoms with van der Waals surface area (Å²) in [5, 5.41) is 30.7. The van der Waals surface area contributed by atoms with E-state index in [1.54, 1.807) is 0 Å². The highest BCUT2D eigenvalue weighted by Crippen LogP contribution is 2.26. The summed E-state index contributed by atoms with van der Waals surface area (Å²) < 4.78 is 59.1. The van der Waals surface area contributed by atoms with Crippen LogP contribution in [0.4, 0.5) is 0 Å². The summed E-state index contributed by atoms with van der Waals surface area (Å²) in [6.07, 6.45) is 34.5. The normalized spacial score (nSPS) is 20.7. The summed E-state index contributed by atoms with van der Waals surface area (Å²) in [4.78, 5) is 12.9. The van der Waals surface area contributed by atoms with Crippen molar-refractivity contribution in [2.75, 3.05) is 26.4 Å². The number of unbranched alkanes of at least 4 members (excludes halogenated alkanes) is 21. The van der Waals surface area contributed by atoms with Crippen LogP contribution in [0.3, 0.4) is 0 Å². The Morgan fingerprint density at radius 2 is 1.12 bits per heavy atom. The molecule has 59 heavy (non-hydrogen) atoms. The first kappa shape index (κ1) is 55.3. The molecule has 0 spiro atoms. The lowest BCUT2D eigenvalue weighted by Crippen LogP contribution is -2.60. The van der Waals surface area contributed by atoms with Crippen LogP contribution in [0.1, 0.15) is 187 Å². The number of hydrogen-bond donors (Lipinski definition) is 4. The number of carbonyl (C=O) groups is 1. The highest BCUT2D eigenvalue weighted by molar-refractivity contribution is 7.80. The van der Waals surface area contributed by atoms with Gasteiger partial charge in [-0.3, -0.25) is 9.35 Å². The molecule has 0 aliphatic carbocycles. The molecule has 1 aliphatic rings. The molecule has 12 nitrogen and oxygen atoms in total. The molecular formula is C46H84O12S. The van der Waals surface area contributed by atoms with Crippen molar-refractivity contribution in [3.8, 4) is 0 Å². The monoisotopic (exact) mass is 861 g/mol. The molecule has 0 aromatic rings. The van der Waals surface area contributed by atoms with Gasteiger partial charge in [0.15, 0.2) is 6.29 Å². The first-order chi connectivity index (χ1) is 28.6. The second-order valence-electron chi connectivity index (χ2n) is 16.0. The summed E-state index contributed by atoms with van der Waals surface area (Å²) in [5.41, 5.74) is 0. The van der Waals surface area contributed by atoms with Gasteiger partial charge in [0, 0.05) is 13.0 Å². The van der Waals surface area contributed by atoms with Crippen LogP contribution in [0.15, 0.2) is 36.5 Å². The van der Waals surface area contributed by atoms with E-state index in [1.807, 2.05) is 0 Å². The maximum absolute atomic E-state index is 12.9. The van der Waals surface area contributed by atoms with Crippen molar-refractivity contribution in [3.63, 3.8) is 0 Å². The van der Waals surface area contributed by atoms with Gasteiger partial charge in [-0.1, -0.05) is 147 Å². The lowest BCUT2D eigenvalue weighted by molar-refractivity contribution is -0.301. The van der Waals surface area contributed by atoms with Crippen LogP contribution in [-0.4, -0.2) is 97.5 Å². The maximum Gasteiger partial charge on any atom is 0.397 e. The molecule has 1 fully saturated rings. The third-order valence-electron chi connectivity index (χ3n) is 10.5. The minimum absolute atomic E-state index is 0.0291. The van der Waals surface area contributed by atoms with Gasteiger partial charge in [-0.05, 0) is 70.6 Å². The predicted molar refractivity (Wildman–Crippen MR) is 234 cm³/mol. The van der Waals surface area contributed by atoms with Crippen molar-refractivity contribution in [1.29, 1.82) is 0 Å². The van der Waals surface area contributed by atoms with Crippen LogP contribution in [0, 0.1) is 0 Å². The van der Waals surface area contributed by atoms with Crippen LogP contribution in [0.25, 0.3) is 0 Å². The standard InChI is InChI=1S/C46H84O12S/c1-3-5-7-9-11-13-15-17-19-20-21-22-23-25-27-29-31-33-35-42(48)56-40(38-54-36-34-32-30-28-26-24-18-16-14-12-10-8-6-4-2)39-55-46-44(50)45(58-59(51,52)53)43(49)41(37-47)57-46/h13-16,19-20,40-41,43-47,49-50H,3-12,17-18,21-39H2,1-2H3,(H,51,52,53)/b15-13-,16-14-,20-19-. The third-order valence-corrected chi connectivity index (χ3v) is 11.0. The van der Waals surface area contributed by atoms with Crippen LogP contribution in [0.5, 0.6) is 0 Å². The number of hydrogen-bond acceptors (Lipinski definition) is 11. The maximum atomic E-state index is 12.9. The Kier molecular flexibility index (Phi) is 35.7. The van der Waals surface area contributed by atoms with Gasteiger partial charge in [0.25, 0.3) is 0 Å². The molecule has 346 valence electrons. The number of ether oxygens (including phenoxy) is 4. The van der Waals surface area contributed by atoms with Crippen molar-refractivity contribution >= 4 is 16.4 Å². The Labute approximate surface area is 358 Å². The third kappa shape index (κ3) is 31.8. The average Bonchev–Trinajstić information content (AvgIpc) is 3.20. The van der Waals surface area contributed by atoms with E-state index in [0.717, 1.165) is 57.8 Å². The van der Waals surface area contributed by atoms with Gasteiger partial charge in [-0.2, -0.15) is 8.42 Å². The van der Waals surface area contributed by atoms with Crippen molar-refractivity contribution in [2.45, 2.75) is 224 Å². The SMILES string of the molecule is CCCCCC/C=C\C/C=C\CCCCCCCCCC(=O)OC(COCCCCCCCC/C=C\CCCCCC)COC1OC(CO)C(O)C(OS(=O)(=O)O)C1O. The van der Waals surface area contributed by atoms with E-state index in [9.17, 15) is 28.5 Å². The summed E-state index contributed by atoms with van der Waals surface area (Å²) in [5.74, 6) is -0.409. The second-order valence-corrected chi connectivity index (χ2v) is 17.0. The van der Waals surface area contributed by atoms with E-state index in [1.165, 1.54) is 103 Å². The minimum atomic E-state index is -5.06. The van der Waals surface area contributed by atoms with E-state index < -0.39 is 59.8 Å². The minimum Gasteiger partial charge on any atom is -0.457 e. The van der Waals surface area contributed by atoms with Crippen molar-refractivity contribution in [1.82, 2.24) is 0 Å². The van der Waals surface area contributed by atoms with Crippen LogP contribution < -0.4 is 0 Å². The zero-order chi connectivity index (χ0) is 43.2. The molecule has 1 rings (SSSR count). The summed E-state index contributed by atoms with van der Waals surface area (Å²) in [6, 6.07) is 0. The highest BCUT2D eigenvalue weighted by atomic mass is 32.3. The zero-order valence-corrected chi connectivity index (χ0v) is 37.6. The van der Waals surface area contributed by atoms with E-state index in [-0.39, 0.29) is 19.6 Å². The van der Waals surface area contributed by atoms with E-state index in [4.69, 9.17) is 23.5 Å². The molecule has 0 aromatic carbocycles. The number of rotatable bonds is 40. The van der Waals surface area contributed by atoms with Gasteiger partial charge < -0.3 is 34.3 Å². The molecule has 0 aromatic heterocycles. The van der Waals surface area contributed by atoms with Crippen molar-refractivity contribution < 1.29 is 56.2 Å². The molecule has 0 radical (unpaired) electrons. The summed E-state index contributed by atoms with van der Waals surface area (Å²) in [7, 11) is -5.06. The molecule has 6 atom stereocenters. The lowest BCUT2D eigenvalue weighted by atomic mass is 9.99. The molecule has 0 bridgehead atoms. The Balaban J connectivity index is 2.43. The number of carbonyl (C=O) groups excluding carboxylic acids is 1. The molecular weight excluding hydrogens is 777 g/mol. The molecule has 4 N–H and O–H groups in total. The fraction of sp³-hybridized carbons (Fsp3) is 0.848. The fourth-order valence-corrected chi connectivity index (χ4v) is 7.44. The lowest BCUT2D eigenvalue weighted by Gasteiger charge is -2.41. The van der Waals surface area contributed by atoms with Gasteiger partial charge in [0.05, 0.1) is 19.8 Å². The first-order valence-corrected chi connectivity index (χ1v) is 24.6. The summed E-state index contributed by atoms with van der Waals surface area (Å²) >= 11 is 0. The molecule has 0 amide bonds. The number of esters is 1. The topological polar surface area (TPSA) is 178 Å². The largest absolute Gasteiger partial charge is 0.457 e. The molecule has 1 saturated heterocycles. The molecule has 6 unspecified atom stereocenters. The van der Waals surface area contributed by atoms with Crippen molar-refractivity contribution in [3.05, 3.63) is 36.5 Å². The fourth-order valence-electron chi connectivity index (χ4n) is 6.93. The van der Waals surface area contributed by atoms with Gasteiger partial charge in [0.2, 0.25) is 0 Å². The quantitative estimate of drug-likeness (QED) is 0.0199. The van der Waals surface area contributed by atoms with E-state index >= 15 is 0 Å². The van der Waals surface area contributed by atoms with E-state index in [0.29, 0.717) is 13.0 Å². The molecule has 13 heteroatoms. The summed E-state index contributed by atoms with van der Waals surface area (Å²) in [6.45, 7) is 3.94. The molecule has 0 saturated carbocycles. The molecule has 1 aliphatic heterocycles. The zero-order valence-electron chi connectivity index (χ0n) is 36.8. The van der Waals surface area contributed by atoms with Gasteiger partial charge in [-0.15, -0.1) is 0 Å². The van der Waals surface area contributed by atoms with Crippen LogP contribution in [0.2, 0.25) is 0 Å². The Morgan fingerprint density at radius 3 is 1.63 bits per heavy atom. The predicted octanol–water partition coefficient (Wildman–Crippen LogP) is 9.80. The highest BCUT2D eigenvalue weighted by Gasteiger charge is 2.48. The van der Waals surface area contributed by atoms with Crippen LogP contribution >= 0.6 is 0 Å². The van der Waals surface area contributed by atoms with Crippen LogP contribution in [-0.2, 0) is 38.3 Å². The average molecular weight is 861 g/mol. The molecule has 1 heterocycles. The Hall–Kier alpha value is -1.68.